The summed E-state index contributed by atoms with van der Waals surface area (Å²) >= 11 is 3.53. The van der Waals surface area contributed by atoms with Crippen LogP contribution >= 0.6 is 15.9 Å². The van der Waals surface area contributed by atoms with Gasteiger partial charge in [0.1, 0.15) is 17.2 Å². The zero-order valence-corrected chi connectivity index (χ0v) is 13.1. The molecule has 0 radical (unpaired) electrons. The van der Waals surface area contributed by atoms with Crippen molar-refractivity contribution in [3.8, 4) is 11.4 Å². The minimum absolute atomic E-state index is 0.650. The molecule has 3 heterocycles. The van der Waals surface area contributed by atoms with E-state index in [-0.39, 0.29) is 0 Å². The molecule has 0 amide bonds. The van der Waals surface area contributed by atoms with E-state index in [2.05, 4.69) is 32.9 Å². The monoisotopic (exact) mass is 333 g/mol. The molecule has 3 aromatic heterocycles. The summed E-state index contributed by atoms with van der Waals surface area (Å²) in [5, 5.41) is 4.34. The molecule has 0 aliphatic rings. The van der Waals surface area contributed by atoms with Crippen LogP contribution in [0, 0.1) is 6.92 Å². The fourth-order valence-corrected chi connectivity index (χ4v) is 2.71. The number of aryl methyl sites for hydroxylation is 2. The molecule has 20 heavy (non-hydrogen) atoms. The molecule has 0 spiro atoms. The molecule has 0 aliphatic carbocycles. The van der Waals surface area contributed by atoms with Crippen molar-refractivity contribution in [2.75, 3.05) is 5.73 Å². The first kappa shape index (κ1) is 13.2. The molecule has 5 nitrogen and oxygen atoms in total. The molecular weight excluding hydrogens is 318 g/mol. The molecule has 0 saturated carbocycles. The van der Waals surface area contributed by atoms with Crippen LogP contribution in [0.15, 0.2) is 28.9 Å². The molecular formula is C14H16BrN5. The van der Waals surface area contributed by atoms with Gasteiger partial charge in [-0.05, 0) is 47.5 Å². The molecule has 3 rings (SSSR count). The van der Waals surface area contributed by atoms with E-state index in [0.717, 1.165) is 40.2 Å². The second kappa shape index (κ2) is 4.94. The summed E-state index contributed by atoms with van der Waals surface area (Å²) in [5.74, 6) is 0.650. The fraction of sp³-hybridized carbons (Fsp3) is 0.286. The third kappa shape index (κ3) is 1.91. The fourth-order valence-electron chi connectivity index (χ4n) is 2.40. The molecule has 0 fully saturated rings. The van der Waals surface area contributed by atoms with E-state index in [1.54, 1.807) is 6.20 Å². The van der Waals surface area contributed by atoms with Crippen LogP contribution in [0.1, 0.15) is 19.0 Å². The van der Waals surface area contributed by atoms with E-state index in [4.69, 9.17) is 5.73 Å². The van der Waals surface area contributed by atoms with Crippen LogP contribution in [0.25, 0.3) is 17.0 Å². The third-order valence-corrected chi connectivity index (χ3v) is 4.23. The second-order valence-electron chi connectivity index (χ2n) is 4.75. The number of pyridine rings is 1. The lowest BCUT2D eigenvalue weighted by atomic mass is 10.3. The van der Waals surface area contributed by atoms with Gasteiger partial charge in [0.05, 0.1) is 5.69 Å². The van der Waals surface area contributed by atoms with Gasteiger partial charge in [0.2, 0.25) is 0 Å². The highest BCUT2D eigenvalue weighted by Gasteiger charge is 2.16. The van der Waals surface area contributed by atoms with Gasteiger partial charge in [-0.15, -0.1) is 0 Å². The number of nitrogens with two attached hydrogens (primary N) is 1. The Hall–Kier alpha value is -1.82. The normalized spacial score (nSPS) is 11.3. The molecule has 6 heteroatoms. The van der Waals surface area contributed by atoms with Crippen LogP contribution in [0.4, 0.5) is 5.82 Å². The van der Waals surface area contributed by atoms with Crippen molar-refractivity contribution in [3.05, 3.63) is 34.6 Å². The highest BCUT2D eigenvalue weighted by atomic mass is 79.9. The Labute approximate surface area is 125 Å². The van der Waals surface area contributed by atoms with Gasteiger partial charge in [0.25, 0.3) is 0 Å². The summed E-state index contributed by atoms with van der Waals surface area (Å²) in [6, 6.07) is 5.90. The molecule has 2 N–H and O–H groups in total. The number of aromatic nitrogens is 4. The molecule has 104 valence electrons. The first-order chi connectivity index (χ1) is 9.63. The minimum atomic E-state index is 0.650. The van der Waals surface area contributed by atoms with Crippen molar-refractivity contribution < 1.29 is 0 Å². The van der Waals surface area contributed by atoms with Crippen LogP contribution in [0.3, 0.4) is 0 Å². The van der Waals surface area contributed by atoms with Crippen molar-refractivity contribution in [2.24, 2.45) is 0 Å². The van der Waals surface area contributed by atoms with Crippen molar-refractivity contribution in [1.82, 2.24) is 19.2 Å². The third-order valence-electron chi connectivity index (χ3n) is 3.39. The number of fused-ring (bicyclic) bond motifs is 1. The average molecular weight is 334 g/mol. The van der Waals surface area contributed by atoms with Gasteiger partial charge >= 0.3 is 0 Å². The van der Waals surface area contributed by atoms with Gasteiger partial charge in [-0.2, -0.15) is 5.10 Å². The number of nitrogens with zero attached hydrogens (tertiary/aromatic N) is 4. The van der Waals surface area contributed by atoms with Gasteiger partial charge in [0.15, 0.2) is 0 Å². The van der Waals surface area contributed by atoms with E-state index in [9.17, 15) is 0 Å². The Morgan fingerprint density at radius 3 is 2.85 bits per heavy atom. The van der Waals surface area contributed by atoms with E-state index in [1.165, 1.54) is 0 Å². The summed E-state index contributed by atoms with van der Waals surface area (Å²) < 4.78 is 4.92. The number of hydrogen-bond acceptors (Lipinski definition) is 3. The van der Waals surface area contributed by atoms with Gasteiger partial charge in [-0.25, -0.2) is 4.98 Å². The molecule has 0 atom stereocenters. The van der Waals surface area contributed by atoms with Gasteiger partial charge in [-0.1, -0.05) is 6.92 Å². The van der Waals surface area contributed by atoms with Gasteiger partial charge in [0, 0.05) is 22.9 Å². The van der Waals surface area contributed by atoms with Crippen molar-refractivity contribution in [1.29, 1.82) is 0 Å². The number of nitrogen functional groups attached to an aromatic ring is 1. The Balaban J connectivity index is 2.25. The van der Waals surface area contributed by atoms with Crippen LogP contribution in [-0.2, 0) is 6.54 Å². The Morgan fingerprint density at radius 2 is 2.10 bits per heavy atom. The van der Waals surface area contributed by atoms with Crippen molar-refractivity contribution in [3.63, 3.8) is 0 Å². The lowest BCUT2D eigenvalue weighted by Crippen LogP contribution is -2.03. The molecule has 0 aliphatic heterocycles. The number of imidazole rings is 1. The highest BCUT2D eigenvalue weighted by molar-refractivity contribution is 9.10. The Morgan fingerprint density at radius 1 is 1.30 bits per heavy atom. The molecule has 0 unspecified atom stereocenters. The van der Waals surface area contributed by atoms with E-state index < -0.39 is 0 Å². The van der Waals surface area contributed by atoms with Gasteiger partial charge in [-0.3, -0.25) is 9.08 Å². The van der Waals surface area contributed by atoms with Crippen LogP contribution < -0.4 is 5.73 Å². The first-order valence-corrected chi connectivity index (χ1v) is 7.38. The maximum atomic E-state index is 6.30. The lowest BCUT2D eigenvalue weighted by Gasteiger charge is -2.06. The summed E-state index contributed by atoms with van der Waals surface area (Å²) in [6.45, 7) is 5.00. The van der Waals surface area contributed by atoms with Crippen molar-refractivity contribution in [2.45, 2.75) is 26.8 Å². The highest BCUT2D eigenvalue weighted by Crippen LogP contribution is 2.29. The van der Waals surface area contributed by atoms with Gasteiger partial charge < -0.3 is 5.73 Å². The van der Waals surface area contributed by atoms with E-state index in [1.807, 2.05) is 34.2 Å². The van der Waals surface area contributed by atoms with Crippen LogP contribution in [0.2, 0.25) is 0 Å². The number of hydrogen-bond donors (Lipinski definition) is 1. The molecule has 0 aromatic carbocycles. The van der Waals surface area contributed by atoms with Crippen LogP contribution in [-0.4, -0.2) is 19.2 Å². The number of anilines is 1. The smallest absolute Gasteiger partial charge is 0.139 e. The Kier molecular flexibility index (Phi) is 3.25. The SMILES string of the molecule is CCCn1nccc1-c1nc2ccc(Br)c(C)n2c1N. The predicted molar refractivity (Wildman–Crippen MR) is 83.6 cm³/mol. The zero-order chi connectivity index (χ0) is 14.3. The maximum Gasteiger partial charge on any atom is 0.139 e. The molecule has 3 aromatic rings. The number of rotatable bonds is 3. The van der Waals surface area contributed by atoms with E-state index >= 15 is 0 Å². The maximum absolute atomic E-state index is 6.30. The molecule has 0 saturated heterocycles. The summed E-state index contributed by atoms with van der Waals surface area (Å²) in [5.41, 5.74) is 9.95. The topological polar surface area (TPSA) is 61.1 Å². The van der Waals surface area contributed by atoms with Crippen LogP contribution in [0.5, 0.6) is 0 Å². The molecule has 0 bridgehead atoms. The van der Waals surface area contributed by atoms with E-state index in [0.29, 0.717) is 5.82 Å². The van der Waals surface area contributed by atoms with Crippen molar-refractivity contribution >= 4 is 27.4 Å². The Bertz CT molecular complexity index is 771. The summed E-state index contributed by atoms with van der Waals surface area (Å²) in [6.07, 6.45) is 2.81. The first-order valence-electron chi connectivity index (χ1n) is 6.58. The largest absolute Gasteiger partial charge is 0.383 e. The minimum Gasteiger partial charge on any atom is -0.383 e. The quantitative estimate of drug-likeness (QED) is 0.800. The summed E-state index contributed by atoms with van der Waals surface area (Å²) in [7, 11) is 0. The predicted octanol–water partition coefficient (Wildman–Crippen LogP) is 3.26. The average Bonchev–Trinajstić information content (AvgIpc) is 3.00. The summed E-state index contributed by atoms with van der Waals surface area (Å²) in [4.78, 5) is 4.66. The second-order valence-corrected chi connectivity index (χ2v) is 5.60. The lowest BCUT2D eigenvalue weighted by molar-refractivity contribution is 0.608. The number of halogens is 1. The zero-order valence-electron chi connectivity index (χ0n) is 11.5. The standard InChI is InChI=1S/C14H16BrN5/c1-3-8-19-11(6-7-17-19)13-14(16)20-9(2)10(15)4-5-12(20)18-13/h4-7H,3,8,16H2,1-2H3.